The third kappa shape index (κ3) is 5.05. The fourth-order valence-corrected chi connectivity index (χ4v) is 3.68. The standard InChI is InChI=1S/C16H27N3O2S/c1-3-22(20,21)19(15-16-7-5-4-6-8-16)14-13-18-11-9-17(2)10-12-18/h4-8H,3,9-15H2,1-2H3. The highest BCUT2D eigenvalue weighted by atomic mass is 32.2. The molecule has 0 aromatic heterocycles. The van der Waals surface area contributed by atoms with Crippen molar-refractivity contribution in [2.75, 3.05) is 52.1 Å². The predicted octanol–water partition coefficient (Wildman–Crippen LogP) is 1.09. The zero-order chi connectivity index (χ0) is 16.0. The summed E-state index contributed by atoms with van der Waals surface area (Å²) in [6, 6.07) is 9.81. The minimum absolute atomic E-state index is 0.155. The van der Waals surface area contributed by atoms with Crippen molar-refractivity contribution >= 4 is 10.0 Å². The van der Waals surface area contributed by atoms with E-state index in [1.165, 1.54) is 0 Å². The van der Waals surface area contributed by atoms with Gasteiger partial charge in [0.2, 0.25) is 10.0 Å². The van der Waals surface area contributed by atoms with Crippen LogP contribution in [-0.4, -0.2) is 74.6 Å². The van der Waals surface area contributed by atoms with Crippen LogP contribution in [0.25, 0.3) is 0 Å². The lowest BCUT2D eigenvalue weighted by Crippen LogP contribution is -2.47. The van der Waals surface area contributed by atoms with Gasteiger partial charge >= 0.3 is 0 Å². The van der Waals surface area contributed by atoms with Crippen molar-refractivity contribution in [2.24, 2.45) is 0 Å². The molecular formula is C16H27N3O2S. The van der Waals surface area contributed by atoms with E-state index in [0.29, 0.717) is 13.1 Å². The van der Waals surface area contributed by atoms with Crippen LogP contribution in [0.2, 0.25) is 0 Å². The number of benzene rings is 1. The van der Waals surface area contributed by atoms with Gasteiger partial charge in [-0.3, -0.25) is 4.90 Å². The summed E-state index contributed by atoms with van der Waals surface area (Å²) >= 11 is 0. The Morgan fingerprint density at radius 1 is 1.09 bits per heavy atom. The second-order valence-electron chi connectivity index (χ2n) is 5.86. The molecule has 2 rings (SSSR count). The van der Waals surface area contributed by atoms with Gasteiger partial charge in [0.25, 0.3) is 0 Å². The molecule has 1 aromatic carbocycles. The maximum absolute atomic E-state index is 12.3. The largest absolute Gasteiger partial charge is 0.304 e. The Bertz CT molecular complexity index is 540. The van der Waals surface area contributed by atoms with E-state index >= 15 is 0 Å². The number of likely N-dealkylation sites (N-methyl/N-ethyl adjacent to an activating group) is 1. The Morgan fingerprint density at radius 2 is 1.73 bits per heavy atom. The molecule has 6 heteroatoms. The quantitative estimate of drug-likeness (QED) is 0.753. The van der Waals surface area contributed by atoms with Gasteiger partial charge < -0.3 is 4.90 Å². The van der Waals surface area contributed by atoms with Gasteiger partial charge in [0, 0.05) is 45.8 Å². The van der Waals surface area contributed by atoms with Gasteiger partial charge in [-0.25, -0.2) is 8.42 Å². The van der Waals surface area contributed by atoms with Crippen molar-refractivity contribution in [1.29, 1.82) is 0 Å². The van der Waals surface area contributed by atoms with Gasteiger partial charge in [-0.2, -0.15) is 4.31 Å². The molecule has 1 heterocycles. The van der Waals surface area contributed by atoms with Gasteiger partial charge in [-0.05, 0) is 19.5 Å². The summed E-state index contributed by atoms with van der Waals surface area (Å²) in [5, 5.41) is 0. The molecular weight excluding hydrogens is 298 g/mol. The second kappa shape index (κ2) is 8.06. The minimum atomic E-state index is -3.17. The third-order valence-corrected chi connectivity index (χ3v) is 6.05. The van der Waals surface area contributed by atoms with E-state index in [1.54, 1.807) is 11.2 Å². The molecule has 0 bridgehead atoms. The summed E-state index contributed by atoms with van der Waals surface area (Å²) in [6.45, 7) is 7.69. The van der Waals surface area contributed by atoms with Crippen LogP contribution >= 0.6 is 0 Å². The van der Waals surface area contributed by atoms with Crippen LogP contribution in [-0.2, 0) is 16.6 Å². The monoisotopic (exact) mass is 325 g/mol. The maximum Gasteiger partial charge on any atom is 0.214 e. The molecule has 0 atom stereocenters. The molecule has 1 aliphatic rings. The minimum Gasteiger partial charge on any atom is -0.304 e. The number of piperazine rings is 1. The van der Waals surface area contributed by atoms with E-state index in [2.05, 4.69) is 16.8 Å². The topological polar surface area (TPSA) is 43.9 Å². The van der Waals surface area contributed by atoms with E-state index < -0.39 is 10.0 Å². The molecule has 0 aliphatic carbocycles. The van der Waals surface area contributed by atoms with Gasteiger partial charge in [0.05, 0.1) is 5.75 Å². The summed E-state index contributed by atoms with van der Waals surface area (Å²) in [4.78, 5) is 4.66. The Labute approximate surface area is 134 Å². The molecule has 1 saturated heterocycles. The molecule has 0 radical (unpaired) electrons. The first-order valence-corrected chi connectivity index (χ1v) is 9.55. The molecule has 1 fully saturated rings. The third-order valence-electron chi connectivity index (χ3n) is 4.22. The molecule has 22 heavy (non-hydrogen) atoms. The summed E-state index contributed by atoms with van der Waals surface area (Å²) < 4.78 is 26.3. The van der Waals surface area contributed by atoms with Crippen molar-refractivity contribution in [1.82, 2.24) is 14.1 Å². The molecule has 0 N–H and O–H groups in total. The summed E-state index contributed by atoms with van der Waals surface area (Å²) in [5.74, 6) is 0.155. The van der Waals surface area contributed by atoms with Crippen LogP contribution in [0.5, 0.6) is 0 Å². The van der Waals surface area contributed by atoms with Crippen LogP contribution in [0.4, 0.5) is 0 Å². The highest BCUT2D eigenvalue weighted by Crippen LogP contribution is 2.10. The van der Waals surface area contributed by atoms with E-state index in [4.69, 9.17) is 0 Å². The number of hydrogen-bond acceptors (Lipinski definition) is 4. The van der Waals surface area contributed by atoms with Crippen LogP contribution < -0.4 is 0 Å². The van der Waals surface area contributed by atoms with Crippen molar-refractivity contribution in [3.05, 3.63) is 35.9 Å². The van der Waals surface area contributed by atoms with E-state index in [-0.39, 0.29) is 5.75 Å². The fraction of sp³-hybridized carbons (Fsp3) is 0.625. The normalized spacial score (nSPS) is 18.0. The molecule has 0 amide bonds. The number of hydrogen-bond donors (Lipinski definition) is 0. The van der Waals surface area contributed by atoms with Gasteiger partial charge in [-0.15, -0.1) is 0 Å². The molecule has 5 nitrogen and oxygen atoms in total. The lowest BCUT2D eigenvalue weighted by atomic mass is 10.2. The summed E-state index contributed by atoms with van der Waals surface area (Å²) in [6.07, 6.45) is 0. The van der Waals surface area contributed by atoms with Crippen molar-refractivity contribution in [3.63, 3.8) is 0 Å². The first-order valence-electron chi connectivity index (χ1n) is 7.94. The smallest absolute Gasteiger partial charge is 0.214 e. The van der Waals surface area contributed by atoms with Crippen LogP contribution in [0, 0.1) is 0 Å². The zero-order valence-corrected chi connectivity index (χ0v) is 14.4. The maximum atomic E-state index is 12.3. The Balaban J connectivity index is 1.96. The number of sulfonamides is 1. The summed E-state index contributed by atoms with van der Waals surface area (Å²) in [5.41, 5.74) is 1.04. The zero-order valence-electron chi connectivity index (χ0n) is 13.6. The predicted molar refractivity (Wildman–Crippen MR) is 90.2 cm³/mol. The average Bonchev–Trinajstić information content (AvgIpc) is 2.54. The molecule has 0 unspecified atom stereocenters. The average molecular weight is 325 g/mol. The van der Waals surface area contributed by atoms with Crippen LogP contribution in [0.1, 0.15) is 12.5 Å². The first kappa shape index (κ1) is 17.4. The summed E-state index contributed by atoms with van der Waals surface area (Å²) in [7, 11) is -1.05. The van der Waals surface area contributed by atoms with E-state index in [1.807, 2.05) is 30.3 Å². The van der Waals surface area contributed by atoms with Crippen molar-refractivity contribution in [2.45, 2.75) is 13.5 Å². The Morgan fingerprint density at radius 3 is 2.32 bits per heavy atom. The first-order chi connectivity index (χ1) is 10.5. The Kier molecular flexibility index (Phi) is 6.37. The second-order valence-corrected chi connectivity index (χ2v) is 8.12. The molecule has 0 saturated carbocycles. The highest BCUT2D eigenvalue weighted by Gasteiger charge is 2.22. The lowest BCUT2D eigenvalue weighted by Gasteiger charge is -2.33. The molecule has 1 aliphatic heterocycles. The highest BCUT2D eigenvalue weighted by molar-refractivity contribution is 7.89. The van der Waals surface area contributed by atoms with Crippen molar-refractivity contribution < 1.29 is 8.42 Å². The molecule has 0 spiro atoms. The van der Waals surface area contributed by atoms with Gasteiger partial charge in [-0.1, -0.05) is 30.3 Å². The molecule has 1 aromatic rings. The van der Waals surface area contributed by atoms with Crippen molar-refractivity contribution in [3.8, 4) is 0 Å². The number of rotatable bonds is 7. The van der Waals surface area contributed by atoms with Gasteiger partial charge in [0.15, 0.2) is 0 Å². The van der Waals surface area contributed by atoms with Crippen LogP contribution in [0.15, 0.2) is 30.3 Å². The SMILES string of the molecule is CCS(=O)(=O)N(CCN1CCN(C)CC1)Cc1ccccc1. The van der Waals surface area contributed by atoms with E-state index in [0.717, 1.165) is 38.3 Å². The molecule has 124 valence electrons. The lowest BCUT2D eigenvalue weighted by molar-refractivity contribution is 0.147. The van der Waals surface area contributed by atoms with E-state index in [9.17, 15) is 8.42 Å². The fourth-order valence-electron chi connectivity index (χ4n) is 2.61. The van der Waals surface area contributed by atoms with Gasteiger partial charge in [0.1, 0.15) is 0 Å². The van der Waals surface area contributed by atoms with Crippen LogP contribution in [0.3, 0.4) is 0 Å². The Hall–Kier alpha value is -0.950. The number of nitrogens with zero attached hydrogens (tertiary/aromatic N) is 3.